The number of nitrogens with one attached hydrogen (secondary N) is 3. The molecule has 0 amide bonds. The summed E-state index contributed by atoms with van der Waals surface area (Å²) in [6.07, 6.45) is 3.57. The van der Waals surface area contributed by atoms with E-state index in [0.717, 1.165) is 19.4 Å². The van der Waals surface area contributed by atoms with Gasteiger partial charge in [0.05, 0.1) is 4.90 Å². The summed E-state index contributed by atoms with van der Waals surface area (Å²) in [6.45, 7) is 1.54. The van der Waals surface area contributed by atoms with Crippen LogP contribution in [0.3, 0.4) is 0 Å². The Hall–Kier alpha value is -2.38. The van der Waals surface area contributed by atoms with Gasteiger partial charge in [0.15, 0.2) is 5.96 Å². The highest BCUT2D eigenvalue weighted by atomic mass is 32.2. The maximum atomic E-state index is 12.2. The summed E-state index contributed by atoms with van der Waals surface area (Å²) in [5.41, 5.74) is 1.52. The molecular weight excluding hydrogens is 372 g/mol. The fourth-order valence-electron chi connectivity index (χ4n) is 3.49. The lowest BCUT2D eigenvalue weighted by atomic mass is 9.64. The van der Waals surface area contributed by atoms with Gasteiger partial charge in [0.2, 0.25) is 10.0 Å². The Morgan fingerprint density at radius 2 is 1.61 bits per heavy atom. The van der Waals surface area contributed by atoms with Crippen LogP contribution in [0.2, 0.25) is 0 Å². The molecule has 1 fully saturated rings. The highest BCUT2D eigenvalue weighted by Crippen LogP contribution is 2.43. The topological polar surface area (TPSA) is 82.6 Å². The number of aliphatic imine (C=N–C) groups is 1. The van der Waals surface area contributed by atoms with Crippen LogP contribution in [0.15, 0.2) is 70.6 Å². The Labute approximate surface area is 167 Å². The number of hydrogen-bond acceptors (Lipinski definition) is 3. The predicted octanol–water partition coefficient (Wildman–Crippen LogP) is 2.25. The summed E-state index contributed by atoms with van der Waals surface area (Å²) < 4.78 is 27.0. The van der Waals surface area contributed by atoms with Crippen LogP contribution >= 0.6 is 0 Å². The average Bonchev–Trinajstić information content (AvgIpc) is 2.70. The first-order valence-corrected chi connectivity index (χ1v) is 11.1. The molecule has 0 aromatic heterocycles. The van der Waals surface area contributed by atoms with Crippen molar-refractivity contribution in [2.75, 3.05) is 26.7 Å². The zero-order valence-electron chi connectivity index (χ0n) is 16.2. The Bertz CT molecular complexity index is 879. The summed E-state index contributed by atoms with van der Waals surface area (Å²) in [4.78, 5) is 4.52. The van der Waals surface area contributed by atoms with E-state index >= 15 is 0 Å². The van der Waals surface area contributed by atoms with E-state index in [9.17, 15) is 8.42 Å². The predicted molar refractivity (Wildman–Crippen MR) is 113 cm³/mol. The quantitative estimate of drug-likeness (QED) is 0.361. The van der Waals surface area contributed by atoms with E-state index in [-0.39, 0.29) is 16.9 Å². The molecule has 0 aliphatic heterocycles. The molecule has 1 aliphatic rings. The van der Waals surface area contributed by atoms with Gasteiger partial charge in [0.25, 0.3) is 0 Å². The van der Waals surface area contributed by atoms with E-state index in [1.807, 2.05) is 6.07 Å². The fraction of sp³-hybridized carbons (Fsp3) is 0.381. The first-order valence-electron chi connectivity index (χ1n) is 9.61. The summed E-state index contributed by atoms with van der Waals surface area (Å²) in [5, 5.41) is 6.58. The summed E-state index contributed by atoms with van der Waals surface area (Å²) >= 11 is 0. The van der Waals surface area contributed by atoms with Gasteiger partial charge in [-0.3, -0.25) is 4.99 Å². The zero-order chi connectivity index (χ0) is 19.9. The Morgan fingerprint density at radius 1 is 0.964 bits per heavy atom. The van der Waals surface area contributed by atoms with Crippen molar-refractivity contribution in [1.82, 2.24) is 15.4 Å². The molecule has 1 saturated carbocycles. The minimum atomic E-state index is -3.48. The van der Waals surface area contributed by atoms with E-state index in [0.29, 0.717) is 12.5 Å². The van der Waals surface area contributed by atoms with Gasteiger partial charge in [0, 0.05) is 32.1 Å². The molecule has 0 heterocycles. The lowest BCUT2D eigenvalue weighted by Gasteiger charge is -2.43. The molecule has 2 aromatic carbocycles. The Balaban J connectivity index is 1.46. The SMILES string of the molecule is CN=C(NCCNS(=O)(=O)c1ccccc1)NCC1(c2ccccc2)CCC1. The van der Waals surface area contributed by atoms with Gasteiger partial charge in [0.1, 0.15) is 0 Å². The van der Waals surface area contributed by atoms with Gasteiger partial charge in [-0.15, -0.1) is 0 Å². The van der Waals surface area contributed by atoms with E-state index in [1.54, 1.807) is 37.4 Å². The minimum absolute atomic E-state index is 0.160. The van der Waals surface area contributed by atoms with E-state index in [4.69, 9.17) is 0 Å². The molecule has 3 rings (SSSR count). The van der Waals surface area contributed by atoms with Crippen LogP contribution in [0.5, 0.6) is 0 Å². The van der Waals surface area contributed by atoms with Gasteiger partial charge in [-0.05, 0) is 30.5 Å². The number of sulfonamides is 1. The molecule has 0 atom stereocenters. The zero-order valence-corrected chi connectivity index (χ0v) is 17.0. The van der Waals surface area contributed by atoms with Crippen LogP contribution in [-0.4, -0.2) is 41.1 Å². The van der Waals surface area contributed by atoms with Crippen molar-refractivity contribution in [3.8, 4) is 0 Å². The molecular formula is C21H28N4O2S. The van der Waals surface area contributed by atoms with Gasteiger partial charge in [-0.1, -0.05) is 55.0 Å². The van der Waals surface area contributed by atoms with Crippen LogP contribution in [0.25, 0.3) is 0 Å². The van der Waals surface area contributed by atoms with Crippen molar-refractivity contribution in [1.29, 1.82) is 0 Å². The molecule has 0 saturated heterocycles. The molecule has 0 bridgehead atoms. The normalized spacial score (nSPS) is 16.2. The number of benzene rings is 2. The molecule has 7 heteroatoms. The van der Waals surface area contributed by atoms with Crippen molar-refractivity contribution in [3.05, 3.63) is 66.2 Å². The summed E-state index contributed by atoms with van der Waals surface area (Å²) in [5.74, 6) is 0.682. The van der Waals surface area contributed by atoms with Crippen LogP contribution in [0, 0.1) is 0 Å². The van der Waals surface area contributed by atoms with Crippen LogP contribution in [0.1, 0.15) is 24.8 Å². The summed E-state index contributed by atoms with van der Waals surface area (Å²) in [6, 6.07) is 19.0. The number of rotatable bonds is 8. The first-order chi connectivity index (χ1) is 13.6. The van der Waals surface area contributed by atoms with Gasteiger partial charge in [-0.2, -0.15) is 0 Å². The second-order valence-electron chi connectivity index (χ2n) is 7.06. The van der Waals surface area contributed by atoms with Crippen molar-refractivity contribution in [2.24, 2.45) is 4.99 Å². The molecule has 28 heavy (non-hydrogen) atoms. The minimum Gasteiger partial charge on any atom is -0.356 e. The van der Waals surface area contributed by atoms with Gasteiger partial charge >= 0.3 is 0 Å². The van der Waals surface area contributed by atoms with Crippen LogP contribution in [-0.2, 0) is 15.4 Å². The maximum Gasteiger partial charge on any atom is 0.240 e. The monoisotopic (exact) mass is 400 g/mol. The highest BCUT2D eigenvalue weighted by molar-refractivity contribution is 7.89. The van der Waals surface area contributed by atoms with Crippen LogP contribution < -0.4 is 15.4 Å². The maximum absolute atomic E-state index is 12.2. The van der Waals surface area contributed by atoms with Crippen molar-refractivity contribution < 1.29 is 8.42 Å². The molecule has 2 aromatic rings. The molecule has 0 spiro atoms. The number of hydrogen-bond donors (Lipinski definition) is 3. The van der Waals surface area contributed by atoms with Crippen molar-refractivity contribution in [3.63, 3.8) is 0 Å². The third-order valence-electron chi connectivity index (χ3n) is 5.28. The third kappa shape index (κ3) is 4.91. The number of guanidine groups is 1. The second-order valence-corrected chi connectivity index (χ2v) is 8.83. The second kappa shape index (κ2) is 9.21. The fourth-order valence-corrected chi connectivity index (χ4v) is 4.54. The Morgan fingerprint density at radius 3 is 2.18 bits per heavy atom. The smallest absolute Gasteiger partial charge is 0.240 e. The Kier molecular flexibility index (Phi) is 6.70. The van der Waals surface area contributed by atoms with Gasteiger partial charge < -0.3 is 10.6 Å². The molecule has 0 unspecified atom stereocenters. The molecule has 150 valence electrons. The standard InChI is InChI=1S/C21H28N4O2S/c1-22-20(23-15-16-25-28(26,27)19-11-6-3-7-12-19)24-17-21(13-8-14-21)18-9-4-2-5-10-18/h2-7,9-12,25H,8,13-17H2,1H3,(H2,22,23,24). The average molecular weight is 401 g/mol. The number of nitrogens with zero attached hydrogens (tertiary/aromatic N) is 1. The van der Waals surface area contributed by atoms with Crippen molar-refractivity contribution >= 4 is 16.0 Å². The van der Waals surface area contributed by atoms with E-state index in [2.05, 4.69) is 44.6 Å². The lowest BCUT2D eigenvalue weighted by Crippen LogP contribution is -2.49. The first kappa shape index (κ1) is 20.4. The summed E-state index contributed by atoms with van der Waals surface area (Å²) in [7, 11) is -1.76. The lowest BCUT2D eigenvalue weighted by molar-refractivity contribution is 0.244. The van der Waals surface area contributed by atoms with E-state index in [1.165, 1.54) is 12.0 Å². The van der Waals surface area contributed by atoms with E-state index < -0.39 is 10.0 Å². The van der Waals surface area contributed by atoms with Gasteiger partial charge in [-0.25, -0.2) is 13.1 Å². The largest absolute Gasteiger partial charge is 0.356 e. The van der Waals surface area contributed by atoms with Crippen LogP contribution in [0.4, 0.5) is 0 Å². The highest BCUT2D eigenvalue weighted by Gasteiger charge is 2.38. The molecule has 3 N–H and O–H groups in total. The molecule has 6 nitrogen and oxygen atoms in total. The molecule has 1 aliphatic carbocycles. The van der Waals surface area contributed by atoms with Crippen molar-refractivity contribution in [2.45, 2.75) is 29.6 Å². The molecule has 0 radical (unpaired) electrons. The third-order valence-corrected chi connectivity index (χ3v) is 6.75.